The number of carbonyl (C=O) groups excluding carboxylic acids is 2. The van der Waals surface area contributed by atoms with Crippen molar-refractivity contribution in [2.24, 2.45) is 0 Å². The molecule has 1 atom stereocenters. The van der Waals surface area contributed by atoms with Crippen molar-refractivity contribution >= 4 is 28.0 Å². The van der Waals surface area contributed by atoms with Crippen molar-refractivity contribution in [2.75, 3.05) is 13.8 Å². The van der Waals surface area contributed by atoms with E-state index in [0.29, 0.717) is 0 Å². The molecule has 0 N–H and O–H groups in total. The van der Waals surface area contributed by atoms with Crippen molar-refractivity contribution in [1.29, 1.82) is 0 Å². The third-order valence-electron chi connectivity index (χ3n) is 3.71. The van der Waals surface area contributed by atoms with E-state index in [9.17, 15) is 9.59 Å². The van der Waals surface area contributed by atoms with Crippen LogP contribution in [0.5, 0.6) is 0 Å². The van der Waals surface area contributed by atoms with E-state index in [-0.39, 0.29) is 19.3 Å². The third kappa shape index (κ3) is 7.14. The summed E-state index contributed by atoms with van der Waals surface area (Å²) in [7, 11) is 1.46. The van der Waals surface area contributed by atoms with Crippen LogP contribution in [0, 0.1) is 0 Å². The van der Waals surface area contributed by atoms with Crippen LogP contribution in [0.3, 0.4) is 0 Å². The number of hydrogen-bond donors (Lipinski definition) is 0. The second kappa shape index (κ2) is 9.55. The molecule has 0 spiro atoms. The molecule has 0 fully saturated rings. The molecule has 1 aromatic rings. The molecule has 0 saturated carbocycles. The number of rotatable bonds is 7. The summed E-state index contributed by atoms with van der Waals surface area (Å²) in [6.07, 6.45) is -0.691. The maximum atomic E-state index is 13.0. The summed E-state index contributed by atoms with van der Waals surface area (Å²) >= 11 is 3.40. The molecule has 0 aliphatic heterocycles. The van der Waals surface area contributed by atoms with E-state index in [1.165, 1.54) is 12.0 Å². The molecule has 1 amide bonds. The molecular formula is C20H30BrNO5. The zero-order valence-electron chi connectivity index (χ0n) is 17.2. The number of halogens is 1. The van der Waals surface area contributed by atoms with Gasteiger partial charge in [-0.3, -0.25) is 4.90 Å². The van der Waals surface area contributed by atoms with Crippen LogP contribution >= 0.6 is 15.9 Å². The largest absolute Gasteiger partial charge is 0.461 e. The van der Waals surface area contributed by atoms with Crippen LogP contribution in [0.25, 0.3) is 0 Å². The van der Waals surface area contributed by atoms with Gasteiger partial charge in [0.25, 0.3) is 0 Å². The van der Waals surface area contributed by atoms with Gasteiger partial charge in [0.1, 0.15) is 17.9 Å². The van der Waals surface area contributed by atoms with Gasteiger partial charge in [-0.1, -0.05) is 28.1 Å². The lowest BCUT2D eigenvalue weighted by Gasteiger charge is -2.39. The SMILES string of the molecule is COCN(C(=O)OC(C)(C)C)[C@@](C)(Cc1ccc(Br)cc1)C(=O)OC(C)C. The number of ether oxygens (including phenoxy) is 3. The lowest BCUT2D eigenvalue weighted by Crippen LogP contribution is -2.59. The second-order valence-electron chi connectivity index (χ2n) is 7.86. The smallest absolute Gasteiger partial charge is 0.413 e. The summed E-state index contributed by atoms with van der Waals surface area (Å²) in [6, 6.07) is 7.56. The number of benzene rings is 1. The number of hydrogen-bond acceptors (Lipinski definition) is 5. The summed E-state index contributed by atoms with van der Waals surface area (Å²) in [6.45, 7) is 10.4. The Balaban J connectivity index is 3.31. The Morgan fingerprint density at radius 2 is 1.67 bits per heavy atom. The van der Waals surface area contributed by atoms with Gasteiger partial charge >= 0.3 is 12.1 Å². The zero-order valence-corrected chi connectivity index (χ0v) is 18.8. The normalized spacial score (nSPS) is 13.8. The highest BCUT2D eigenvalue weighted by Crippen LogP contribution is 2.27. The molecule has 0 saturated heterocycles. The van der Waals surface area contributed by atoms with E-state index in [1.807, 2.05) is 24.3 Å². The van der Waals surface area contributed by atoms with E-state index in [0.717, 1.165) is 10.0 Å². The molecule has 0 aromatic heterocycles. The van der Waals surface area contributed by atoms with Gasteiger partial charge in [-0.25, -0.2) is 9.59 Å². The van der Waals surface area contributed by atoms with Crippen LogP contribution in [0.2, 0.25) is 0 Å². The van der Waals surface area contributed by atoms with E-state index in [1.54, 1.807) is 41.5 Å². The van der Waals surface area contributed by atoms with Crippen molar-refractivity contribution < 1.29 is 23.8 Å². The number of methoxy groups -OCH3 is 1. The maximum absolute atomic E-state index is 13.0. The van der Waals surface area contributed by atoms with Crippen molar-refractivity contribution in [3.8, 4) is 0 Å². The van der Waals surface area contributed by atoms with Crippen molar-refractivity contribution in [3.63, 3.8) is 0 Å². The Hall–Kier alpha value is -1.60. The monoisotopic (exact) mass is 443 g/mol. The van der Waals surface area contributed by atoms with Gasteiger partial charge < -0.3 is 14.2 Å². The molecule has 27 heavy (non-hydrogen) atoms. The van der Waals surface area contributed by atoms with Gasteiger partial charge in [-0.15, -0.1) is 0 Å². The first kappa shape index (κ1) is 23.4. The Kier molecular flexibility index (Phi) is 8.29. The molecule has 6 nitrogen and oxygen atoms in total. The van der Waals surface area contributed by atoms with E-state index < -0.39 is 23.2 Å². The predicted molar refractivity (Wildman–Crippen MR) is 107 cm³/mol. The lowest BCUT2D eigenvalue weighted by molar-refractivity contribution is -0.164. The Bertz CT molecular complexity index is 639. The van der Waals surface area contributed by atoms with Gasteiger partial charge in [0, 0.05) is 18.0 Å². The molecule has 0 aliphatic carbocycles. The average Bonchev–Trinajstić information content (AvgIpc) is 2.52. The summed E-state index contributed by atoms with van der Waals surface area (Å²) in [4.78, 5) is 27.1. The second-order valence-corrected chi connectivity index (χ2v) is 8.77. The highest BCUT2D eigenvalue weighted by Gasteiger charge is 2.46. The maximum Gasteiger partial charge on any atom is 0.413 e. The fourth-order valence-electron chi connectivity index (χ4n) is 2.46. The molecule has 0 bridgehead atoms. The summed E-state index contributed by atoms with van der Waals surface area (Å²) < 4.78 is 17.1. The average molecular weight is 444 g/mol. The van der Waals surface area contributed by atoms with Crippen LogP contribution in [-0.2, 0) is 25.4 Å². The van der Waals surface area contributed by atoms with Crippen LogP contribution < -0.4 is 0 Å². The zero-order chi connectivity index (χ0) is 20.8. The molecular weight excluding hydrogens is 414 g/mol. The first-order valence-corrected chi connectivity index (χ1v) is 9.63. The van der Waals surface area contributed by atoms with Gasteiger partial charge in [-0.2, -0.15) is 0 Å². The highest BCUT2D eigenvalue weighted by atomic mass is 79.9. The van der Waals surface area contributed by atoms with E-state index in [4.69, 9.17) is 14.2 Å². The molecule has 7 heteroatoms. The lowest BCUT2D eigenvalue weighted by atomic mass is 9.91. The minimum Gasteiger partial charge on any atom is -0.461 e. The van der Waals surface area contributed by atoms with Crippen molar-refractivity contribution in [2.45, 2.75) is 65.2 Å². The predicted octanol–water partition coefficient (Wildman–Crippen LogP) is 4.54. The van der Waals surface area contributed by atoms with E-state index in [2.05, 4.69) is 15.9 Å². The van der Waals surface area contributed by atoms with Gasteiger partial charge in [0.05, 0.1) is 6.10 Å². The summed E-state index contributed by atoms with van der Waals surface area (Å²) in [5.41, 5.74) is -1.12. The molecule has 0 radical (unpaired) electrons. The minimum absolute atomic E-state index is 0.102. The fourth-order valence-corrected chi connectivity index (χ4v) is 2.73. The number of carbonyl (C=O) groups is 2. The van der Waals surface area contributed by atoms with Crippen molar-refractivity contribution in [1.82, 2.24) is 4.90 Å². The first-order valence-electron chi connectivity index (χ1n) is 8.84. The molecule has 1 aromatic carbocycles. The number of nitrogens with zero attached hydrogens (tertiary/aromatic N) is 1. The summed E-state index contributed by atoms with van der Waals surface area (Å²) in [5.74, 6) is -0.511. The van der Waals surface area contributed by atoms with Crippen LogP contribution in [0.15, 0.2) is 28.7 Å². The standard InChI is InChI=1S/C20H30BrNO5/c1-14(2)26-17(23)20(6,12-15-8-10-16(21)11-9-15)22(13-25-7)18(24)27-19(3,4)5/h8-11,14H,12-13H2,1-7H3/t20-/m0/s1. The number of esters is 1. The van der Waals surface area contributed by atoms with Gasteiger partial charge in [0.2, 0.25) is 0 Å². The molecule has 0 unspecified atom stereocenters. The summed E-state index contributed by atoms with van der Waals surface area (Å²) in [5, 5.41) is 0. The quantitative estimate of drug-likeness (QED) is 0.456. The van der Waals surface area contributed by atoms with Crippen LogP contribution in [0.1, 0.15) is 47.1 Å². The fraction of sp³-hybridized carbons (Fsp3) is 0.600. The van der Waals surface area contributed by atoms with Crippen LogP contribution in [0.4, 0.5) is 4.79 Å². The van der Waals surface area contributed by atoms with Gasteiger partial charge in [0.15, 0.2) is 0 Å². The highest BCUT2D eigenvalue weighted by molar-refractivity contribution is 9.10. The molecule has 0 aliphatic rings. The Morgan fingerprint density at radius 3 is 2.11 bits per heavy atom. The van der Waals surface area contributed by atoms with Gasteiger partial charge in [-0.05, 0) is 59.2 Å². The Labute approximate surface area is 170 Å². The van der Waals surface area contributed by atoms with Crippen LogP contribution in [-0.4, -0.2) is 48.0 Å². The third-order valence-corrected chi connectivity index (χ3v) is 4.24. The Morgan fingerprint density at radius 1 is 1.11 bits per heavy atom. The van der Waals surface area contributed by atoms with Crippen molar-refractivity contribution in [3.05, 3.63) is 34.3 Å². The molecule has 1 rings (SSSR count). The minimum atomic E-state index is -1.30. The first-order chi connectivity index (χ1) is 12.4. The number of amides is 1. The molecule has 152 valence electrons. The van der Waals surface area contributed by atoms with E-state index >= 15 is 0 Å². The topological polar surface area (TPSA) is 65.1 Å². The molecule has 0 heterocycles.